The molecular formula is C21H20BrN3O3. The van der Waals surface area contributed by atoms with E-state index in [0.717, 1.165) is 28.3 Å². The molecule has 28 heavy (non-hydrogen) atoms. The third-order valence-corrected chi connectivity index (χ3v) is 5.90. The molecule has 0 amide bonds. The minimum Gasteiger partial charge on any atom is -0.454 e. The van der Waals surface area contributed by atoms with E-state index in [2.05, 4.69) is 32.8 Å². The van der Waals surface area contributed by atoms with Gasteiger partial charge in [0.15, 0.2) is 6.23 Å². The molecule has 1 heterocycles. The zero-order chi connectivity index (χ0) is 19.7. The molecule has 2 aromatic carbocycles. The maximum absolute atomic E-state index is 12.5. The van der Waals surface area contributed by atoms with E-state index in [-0.39, 0.29) is 11.8 Å². The van der Waals surface area contributed by atoms with Crippen LogP contribution in [0.15, 0.2) is 65.7 Å². The van der Waals surface area contributed by atoms with E-state index < -0.39 is 18.3 Å². The Labute approximate surface area is 170 Å². The summed E-state index contributed by atoms with van der Waals surface area (Å²) in [6, 6.07) is 14.5. The average Bonchev–Trinajstić information content (AvgIpc) is 3.11. The molecule has 1 fully saturated rings. The number of benzene rings is 2. The number of nitrogens with zero attached hydrogens (tertiary/aromatic N) is 3. The molecule has 3 aromatic rings. The second kappa shape index (κ2) is 7.85. The van der Waals surface area contributed by atoms with Crippen molar-refractivity contribution in [1.82, 2.24) is 15.0 Å². The third kappa shape index (κ3) is 3.47. The molecule has 1 aromatic heterocycles. The first-order chi connectivity index (χ1) is 13.6. The first kappa shape index (κ1) is 18.8. The lowest BCUT2D eigenvalue weighted by atomic mass is 9.69. The van der Waals surface area contributed by atoms with Gasteiger partial charge in [-0.1, -0.05) is 45.9 Å². The number of fused-ring (bicyclic) bond motifs is 1. The van der Waals surface area contributed by atoms with Crippen LogP contribution >= 0.6 is 15.9 Å². The van der Waals surface area contributed by atoms with Crippen molar-refractivity contribution in [1.29, 1.82) is 0 Å². The summed E-state index contributed by atoms with van der Waals surface area (Å²) >= 11 is 3.35. The molecule has 6 nitrogen and oxygen atoms in total. The van der Waals surface area contributed by atoms with Gasteiger partial charge in [-0.25, -0.2) is 9.48 Å². The van der Waals surface area contributed by atoms with E-state index in [0.29, 0.717) is 5.56 Å². The Morgan fingerprint density at radius 2 is 1.93 bits per heavy atom. The smallest absolute Gasteiger partial charge is 0.338 e. The molecule has 144 valence electrons. The summed E-state index contributed by atoms with van der Waals surface area (Å²) in [7, 11) is 0. The fourth-order valence-corrected chi connectivity index (χ4v) is 3.95. The van der Waals surface area contributed by atoms with Crippen LogP contribution in [-0.4, -0.2) is 32.2 Å². The van der Waals surface area contributed by atoms with E-state index in [4.69, 9.17) is 4.74 Å². The van der Waals surface area contributed by atoms with Crippen molar-refractivity contribution < 1.29 is 14.6 Å². The minimum atomic E-state index is -0.833. The van der Waals surface area contributed by atoms with Gasteiger partial charge in [0.25, 0.3) is 0 Å². The summed E-state index contributed by atoms with van der Waals surface area (Å²) in [5.41, 5.74) is 2.00. The zero-order valence-corrected chi connectivity index (χ0v) is 16.7. The van der Waals surface area contributed by atoms with Crippen LogP contribution in [0.5, 0.6) is 0 Å². The number of halogens is 1. The fourth-order valence-electron chi connectivity index (χ4n) is 3.68. The average molecular weight is 442 g/mol. The van der Waals surface area contributed by atoms with Crippen LogP contribution in [0, 0.1) is 11.8 Å². The van der Waals surface area contributed by atoms with Crippen molar-refractivity contribution in [2.45, 2.75) is 25.2 Å². The van der Waals surface area contributed by atoms with Crippen molar-refractivity contribution >= 4 is 32.9 Å². The number of ether oxygens (including phenoxy) is 1. The Bertz CT molecular complexity index is 1000. The number of rotatable bonds is 6. The Kier molecular flexibility index (Phi) is 5.28. The van der Waals surface area contributed by atoms with Gasteiger partial charge >= 0.3 is 5.97 Å². The summed E-state index contributed by atoms with van der Waals surface area (Å²) in [6.07, 6.45) is 2.00. The quantitative estimate of drug-likeness (QED) is 0.459. The molecule has 0 saturated heterocycles. The SMILES string of the molecule is C=C[C@H](OC(=O)c1ccc(Br)cc1)[C@@H]1CC[C@H]1C(O)n1nnc2ccccc21. The number of aromatic nitrogens is 3. The van der Waals surface area contributed by atoms with Gasteiger partial charge in [0.05, 0.1) is 11.1 Å². The van der Waals surface area contributed by atoms with E-state index in [1.165, 1.54) is 0 Å². The van der Waals surface area contributed by atoms with Gasteiger partial charge in [0, 0.05) is 16.3 Å². The normalized spacial score (nSPS) is 20.9. The molecule has 4 atom stereocenters. The van der Waals surface area contributed by atoms with Crippen LogP contribution in [0.2, 0.25) is 0 Å². The highest BCUT2D eigenvalue weighted by molar-refractivity contribution is 9.10. The fraction of sp³-hybridized carbons (Fsp3) is 0.286. The molecule has 1 aliphatic rings. The Hall–Kier alpha value is -2.51. The summed E-state index contributed by atoms with van der Waals surface area (Å²) in [6.45, 7) is 3.83. The minimum absolute atomic E-state index is 0.0186. The van der Waals surface area contributed by atoms with E-state index in [1.54, 1.807) is 35.0 Å². The number of aliphatic hydroxyl groups excluding tert-OH is 1. The molecule has 4 rings (SSSR count). The topological polar surface area (TPSA) is 77.2 Å². The number of hydrogen-bond acceptors (Lipinski definition) is 5. The van der Waals surface area contributed by atoms with Crippen LogP contribution in [0.4, 0.5) is 0 Å². The lowest BCUT2D eigenvalue weighted by Gasteiger charge is -2.42. The lowest BCUT2D eigenvalue weighted by Crippen LogP contribution is -2.42. The molecule has 1 saturated carbocycles. The number of esters is 1. The second-order valence-electron chi connectivity index (χ2n) is 6.95. The Morgan fingerprint density at radius 3 is 2.61 bits per heavy atom. The summed E-state index contributed by atoms with van der Waals surface area (Å²) in [5, 5.41) is 19.1. The predicted molar refractivity (Wildman–Crippen MR) is 109 cm³/mol. The molecule has 1 aliphatic carbocycles. The summed E-state index contributed by atoms with van der Waals surface area (Å²) in [5.74, 6) is -0.510. The first-order valence-corrected chi connectivity index (χ1v) is 9.95. The highest BCUT2D eigenvalue weighted by Gasteiger charge is 2.43. The maximum atomic E-state index is 12.5. The molecule has 7 heteroatoms. The standard InChI is InChI=1S/C21H20BrN3O3/c1-2-19(28-21(27)13-7-9-14(22)10-8-13)15-11-12-16(15)20(26)25-18-6-4-3-5-17(18)23-24-25/h2-10,15-16,19-20,26H,1,11-12H2/t15-,16-,19+,20?/m1/s1. The van der Waals surface area contributed by atoms with Crippen LogP contribution in [0.1, 0.15) is 29.4 Å². The summed E-state index contributed by atoms with van der Waals surface area (Å²) < 4.78 is 8.13. The number of para-hydroxylation sites is 1. The summed E-state index contributed by atoms with van der Waals surface area (Å²) in [4.78, 5) is 12.5. The number of hydrogen-bond donors (Lipinski definition) is 1. The van der Waals surface area contributed by atoms with E-state index in [1.807, 2.05) is 24.3 Å². The Balaban J connectivity index is 1.49. The first-order valence-electron chi connectivity index (χ1n) is 9.15. The molecule has 1 N–H and O–H groups in total. The van der Waals surface area contributed by atoms with Crippen LogP contribution < -0.4 is 0 Å². The van der Waals surface area contributed by atoms with Crippen molar-refractivity contribution in [3.8, 4) is 0 Å². The van der Waals surface area contributed by atoms with Gasteiger partial charge in [0.1, 0.15) is 11.6 Å². The van der Waals surface area contributed by atoms with Gasteiger partial charge in [-0.3, -0.25) is 0 Å². The predicted octanol–water partition coefficient (Wildman–Crippen LogP) is 4.12. The van der Waals surface area contributed by atoms with Crippen molar-refractivity contribution in [2.75, 3.05) is 0 Å². The van der Waals surface area contributed by atoms with Crippen molar-refractivity contribution in [3.63, 3.8) is 0 Å². The van der Waals surface area contributed by atoms with Crippen LogP contribution in [0.3, 0.4) is 0 Å². The van der Waals surface area contributed by atoms with Gasteiger partial charge in [-0.05, 0) is 49.2 Å². The molecule has 1 unspecified atom stereocenters. The van der Waals surface area contributed by atoms with Gasteiger partial charge in [0.2, 0.25) is 0 Å². The molecule has 0 radical (unpaired) electrons. The van der Waals surface area contributed by atoms with Crippen molar-refractivity contribution in [2.24, 2.45) is 11.8 Å². The van der Waals surface area contributed by atoms with Gasteiger partial charge < -0.3 is 9.84 Å². The van der Waals surface area contributed by atoms with Crippen LogP contribution in [-0.2, 0) is 4.74 Å². The molecule has 0 spiro atoms. The molecule has 0 bridgehead atoms. The third-order valence-electron chi connectivity index (χ3n) is 5.37. The largest absolute Gasteiger partial charge is 0.454 e. The monoisotopic (exact) mass is 441 g/mol. The Morgan fingerprint density at radius 1 is 1.21 bits per heavy atom. The van der Waals surface area contributed by atoms with Crippen LogP contribution in [0.25, 0.3) is 11.0 Å². The van der Waals surface area contributed by atoms with Gasteiger partial charge in [-0.15, -0.1) is 5.10 Å². The van der Waals surface area contributed by atoms with Crippen molar-refractivity contribution in [3.05, 3.63) is 71.2 Å². The zero-order valence-electron chi connectivity index (χ0n) is 15.1. The number of aliphatic hydroxyl groups is 1. The molecule has 0 aliphatic heterocycles. The second-order valence-corrected chi connectivity index (χ2v) is 7.87. The highest BCUT2D eigenvalue weighted by Crippen LogP contribution is 2.44. The maximum Gasteiger partial charge on any atom is 0.338 e. The van der Waals surface area contributed by atoms with E-state index >= 15 is 0 Å². The number of carbonyl (C=O) groups is 1. The highest BCUT2D eigenvalue weighted by atomic mass is 79.9. The lowest BCUT2D eigenvalue weighted by molar-refractivity contribution is -0.0793. The molecular weight excluding hydrogens is 422 g/mol. The van der Waals surface area contributed by atoms with Gasteiger partial charge in [-0.2, -0.15) is 0 Å². The number of carbonyl (C=O) groups excluding carboxylic acids is 1. The van der Waals surface area contributed by atoms with E-state index in [9.17, 15) is 9.90 Å².